The third kappa shape index (κ3) is 3.79. The maximum atomic E-state index is 11.8. The molecule has 0 amide bonds. The number of carbonyl (C=O) groups is 2. The van der Waals surface area contributed by atoms with Crippen molar-refractivity contribution in [2.45, 2.75) is 12.8 Å². The highest BCUT2D eigenvalue weighted by Crippen LogP contribution is 2.27. The first kappa shape index (κ1) is 11.3. The second-order valence-electron chi connectivity index (χ2n) is 4.17. The molecule has 0 atom stereocenters. The Balaban J connectivity index is 2.44. The molecule has 0 saturated carbocycles. The Morgan fingerprint density at radius 2 is 2.10 bits per heavy atom. The number of aliphatic carboxylic acids is 1. The number of rotatable bonds is 5. The van der Waals surface area contributed by atoms with Gasteiger partial charge in [0, 0.05) is 23.2 Å². The lowest BCUT2D eigenvalue weighted by molar-refractivity contribution is -0.136. The molecule has 0 spiro atoms. The zero-order valence-electron chi connectivity index (χ0n) is 13.7. The van der Waals surface area contributed by atoms with Crippen molar-refractivity contribution >= 4 is 23.4 Å². The van der Waals surface area contributed by atoms with Crippen LogP contribution in [0.3, 0.4) is 0 Å². The minimum Gasteiger partial charge on any atom is -0.506 e. The zero-order valence-corrected chi connectivity index (χ0v) is 11.4. The fourth-order valence-electron chi connectivity index (χ4n) is 1.65. The number of nitrogens with zero attached hydrogens (tertiary/aromatic N) is 1. The van der Waals surface area contributed by atoms with Gasteiger partial charge in [0.05, 0.1) is 10.5 Å². The third-order valence-electron chi connectivity index (χ3n) is 2.63. The number of carboxylic acids is 1. The van der Waals surface area contributed by atoms with Gasteiger partial charge in [0.2, 0.25) is 0 Å². The molecule has 21 heavy (non-hydrogen) atoms. The van der Waals surface area contributed by atoms with Gasteiger partial charge in [0.25, 0.3) is 0 Å². The lowest BCUT2D eigenvalue weighted by Gasteiger charge is -2.06. The van der Waals surface area contributed by atoms with E-state index in [1.807, 2.05) is 0 Å². The van der Waals surface area contributed by atoms with E-state index >= 15 is 0 Å². The van der Waals surface area contributed by atoms with Crippen molar-refractivity contribution in [3.8, 4) is 16.9 Å². The van der Waals surface area contributed by atoms with Crippen LogP contribution in [0.5, 0.6) is 5.75 Å². The molecule has 0 radical (unpaired) electrons. The van der Waals surface area contributed by atoms with Gasteiger partial charge in [-0.3, -0.25) is 9.59 Å². The molecule has 0 fully saturated rings. The molecule has 2 rings (SSSR count). The fraction of sp³-hybridized carbons (Fsp3) is 0.133. The summed E-state index contributed by atoms with van der Waals surface area (Å²) >= 11 is 5.85. The summed E-state index contributed by atoms with van der Waals surface area (Å²) in [6, 6.07) is 1.68. The van der Waals surface area contributed by atoms with Gasteiger partial charge in [0.1, 0.15) is 11.4 Å². The number of aromatic hydroxyl groups is 1. The van der Waals surface area contributed by atoms with Crippen LogP contribution in [-0.2, 0) is 4.79 Å². The molecular formula is C15H12ClNO4. The molecule has 108 valence electrons. The van der Waals surface area contributed by atoms with E-state index in [1.165, 1.54) is 12.3 Å². The van der Waals surface area contributed by atoms with E-state index < -0.39 is 17.5 Å². The molecule has 0 aliphatic carbocycles. The van der Waals surface area contributed by atoms with Gasteiger partial charge in [-0.2, -0.15) is 0 Å². The predicted molar refractivity (Wildman–Crippen MR) is 77.5 cm³/mol. The van der Waals surface area contributed by atoms with E-state index in [0.29, 0.717) is 0 Å². The lowest BCUT2D eigenvalue weighted by Crippen LogP contribution is -2.06. The van der Waals surface area contributed by atoms with Gasteiger partial charge in [0.15, 0.2) is 5.78 Å². The molecule has 0 unspecified atom stereocenters. The normalized spacial score (nSPS) is 12.3. The van der Waals surface area contributed by atoms with Crippen LogP contribution in [0.2, 0.25) is 5.02 Å². The van der Waals surface area contributed by atoms with Gasteiger partial charge in [-0.05, 0) is 23.7 Å². The van der Waals surface area contributed by atoms with Crippen LogP contribution in [-0.4, -0.2) is 26.9 Å². The molecule has 5 nitrogen and oxygen atoms in total. The predicted octanol–water partition coefficient (Wildman–Crippen LogP) is 3.16. The molecule has 1 heterocycles. The van der Waals surface area contributed by atoms with Crippen LogP contribution in [0, 0.1) is 0 Å². The van der Waals surface area contributed by atoms with Crippen molar-refractivity contribution in [1.29, 1.82) is 0 Å². The smallest absolute Gasteiger partial charge is 0.303 e. The monoisotopic (exact) mass is 308 g/mol. The summed E-state index contributed by atoms with van der Waals surface area (Å²) in [4.78, 5) is 26.2. The minimum atomic E-state index is -1.14. The summed E-state index contributed by atoms with van der Waals surface area (Å²) < 4.78 is 23.5. The number of hydrogen-bond donors (Lipinski definition) is 2. The van der Waals surface area contributed by atoms with Crippen molar-refractivity contribution in [3.05, 3.63) is 47.2 Å². The van der Waals surface area contributed by atoms with E-state index in [2.05, 4.69) is 4.98 Å². The van der Waals surface area contributed by atoms with Crippen molar-refractivity contribution < 1.29 is 23.9 Å². The van der Waals surface area contributed by atoms with E-state index in [0.717, 1.165) is 6.07 Å². The Morgan fingerprint density at radius 3 is 2.76 bits per heavy atom. The van der Waals surface area contributed by atoms with Crippen LogP contribution >= 0.6 is 11.6 Å². The summed E-state index contributed by atoms with van der Waals surface area (Å²) in [7, 11) is 0. The lowest BCUT2D eigenvalue weighted by atomic mass is 10.1. The number of benzene rings is 1. The van der Waals surface area contributed by atoms with Crippen molar-refractivity contribution in [2.75, 3.05) is 0 Å². The maximum Gasteiger partial charge on any atom is 0.303 e. The first-order valence-corrected chi connectivity index (χ1v) is 6.30. The second-order valence-corrected chi connectivity index (χ2v) is 4.58. The van der Waals surface area contributed by atoms with Gasteiger partial charge in [-0.1, -0.05) is 23.7 Å². The Hall–Kier alpha value is -2.40. The average Bonchev–Trinajstić information content (AvgIpc) is 2.51. The maximum absolute atomic E-state index is 11.8. The number of carboxylic acid groups (broad SMARTS) is 1. The molecule has 0 aliphatic rings. The molecular weight excluding hydrogens is 294 g/mol. The van der Waals surface area contributed by atoms with E-state index in [9.17, 15) is 14.7 Å². The van der Waals surface area contributed by atoms with Gasteiger partial charge in [-0.25, -0.2) is 4.98 Å². The topological polar surface area (TPSA) is 87.5 Å². The minimum absolute atomic E-state index is 0.0137. The van der Waals surface area contributed by atoms with Gasteiger partial charge in [-0.15, -0.1) is 0 Å². The Kier molecular flexibility index (Phi) is 3.42. The number of aromatic nitrogens is 1. The summed E-state index contributed by atoms with van der Waals surface area (Å²) in [6.45, 7) is 0. The summed E-state index contributed by atoms with van der Waals surface area (Å²) in [5, 5.41) is 18.5. The van der Waals surface area contributed by atoms with Crippen molar-refractivity contribution in [1.82, 2.24) is 4.98 Å². The molecule has 0 aliphatic heterocycles. The first-order chi connectivity index (χ1) is 11.2. The number of halogens is 1. The van der Waals surface area contributed by atoms with E-state index in [4.69, 9.17) is 20.8 Å². The van der Waals surface area contributed by atoms with Crippen LogP contribution in [0.25, 0.3) is 11.1 Å². The number of pyridine rings is 1. The first-order valence-electron chi connectivity index (χ1n) is 7.43. The Morgan fingerprint density at radius 1 is 1.33 bits per heavy atom. The number of ketones is 1. The average molecular weight is 309 g/mol. The fourth-order valence-corrected chi connectivity index (χ4v) is 1.80. The number of Topliss-reactive ketones (excluding diaryl/α,β-unsaturated/α-hetero) is 1. The third-order valence-corrected chi connectivity index (χ3v) is 2.83. The summed E-state index contributed by atoms with van der Waals surface area (Å²) in [5.41, 5.74) is -0.112. The summed E-state index contributed by atoms with van der Waals surface area (Å²) in [6.07, 6.45) is 0.484. The van der Waals surface area contributed by atoms with Crippen molar-refractivity contribution in [2.24, 2.45) is 0 Å². The van der Waals surface area contributed by atoms with E-state index in [-0.39, 0.29) is 52.8 Å². The highest BCUT2D eigenvalue weighted by Gasteiger charge is 2.15. The van der Waals surface area contributed by atoms with Crippen LogP contribution in [0.15, 0.2) is 36.5 Å². The molecule has 2 aromatic rings. The number of hydrogen-bond acceptors (Lipinski definition) is 4. The second kappa shape index (κ2) is 6.37. The molecule has 6 heteroatoms. The highest BCUT2D eigenvalue weighted by molar-refractivity contribution is 6.30. The summed E-state index contributed by atoms with van der Waals surface area (Å²) in [5.74, 6) is -2.27. The van der Waals surface area contributed by atoms with Crippen LogP contribution in [0.1, 0.15) is 27.4 Å². The van der Waals surface area contributed by atoms with Crippen LogP contribution in [0.4, 0.5) is 0 Å². The molecule has 2 N–H and O–H groups in total. The standard InChI is InChI=1S/C15H12ClNO4/c16-11-3-1-2-9(6-11)10-7-13(19)15(17-8-10)12(18)4-5-14(20)21/h1-3,6-8,19H,4-5H2,(H,20,21)/i1D,2D,6D. The highest BCUT2D eigenvalue weighted by atomic mass is 35.5. The SMILES string of the molecule is [2H]c1cc(Cl)c([2H])c(-c2cnc(C(=O)CCC(=O)O)c(O)c2)c1[2H]. The number of carbonyl (C=O) groups excluding carboxylic acids is 1. The van der Waals surface area contributed by atoms with Gasteiger partial charge < -0.3 is 10.2 Å². The van der Waals surface area contributed by atoms with Crippen LogP contribution < -0.4 is 0 Å². The van der Waals surface area contributed by atoms with Crippen molar-refractivity contribution in [3.63, 3.8) is 0 Å². The molecule has 0 saturated heterocycles. The van der Waals surface area contributed by atoms with E-state index in [1.54, 1.807) is 0 Å². The molecule has 1 aromatic carbocycles. The Labute approximate surface area is 130 Å². The molecule has 0 bridgehead atoms. The molecule has 1 aromatic heterocycles. The largest absolute Gasteiger partial charge is 0.506 e. The van der Waals surface area contributed by atoms with Gasteiger partial charge >= 0.3 is 5.97 Å². The quantitative estimate of drug-likeness (QED) is 0.828. The zero-order chi connectivity index (χ0) is 18.0. The Bertz CT molecular complexity index is 816.